The molecule has 5 nitrogen and oxygen atoms in total. The number of aromatic nitrogens is 1. The fraction of sp³-hybridized carbons (Fsp3) is 0.412. The quantitative estimate of drug-likeness (QED) is 0.833. The molecule has 1 fully saturated rings. The predicted octanol–water partition coefficient (Wildman–Crippen LogP) is 2.45. The van der Waals surface area contributed by atoms with Crippen LogP contribution < -0.4 is 5.73 Å². The summed E-state index contributed by atoms with van der Waals surface area (Å²) in [5, 5.41) is 2.79. The van der Waals surface area contributed by atoms with Crippen LogP contribution in [0.25, 0.3) is 0 Å². The van der Waals surface area contributed by atoms with Gasteiger partial charge in [0.05, 0.1) is 5.01 Å². The molecular formula is C17H24Cl2N4OS. The Kier molecular flexibility index (Phi) is 9.38. The molecule has 0 radical (unpaired) electrons. The van der Waals surface area contributed by atoms with Gasteiger partial charge in [0.2, 0.25) is 0 Å². The molecule has 0 bridgehead atoms. The zero-order chi connectivity index (χ0) is 16.1. The van der Waals surface area contributed by atoms with Crippen molar-refractivity contribution in [3.8, 4) is 0 Å². The lowest BCUT2D eigenvalue weighted by molar-refractivity contribution is 0.0623. The van der Waals surface area contributed by atoms with E-state index in [9.17, 15) is 4.79 Å². The van der Waals surface area contributed by atoms with Gasteiger partial charge in [-0.05, 0) is 12.1 Å². The molecule has 2 heterocycles. The molecule has 0 aliphatic carbocycles. The molecule has 1 aliphatic heterocycles. The smallest absolute Gasteiger partial charge is 0.273 e. The highest BCUT2D eigenvalue weighted by molar-refractivity contribution is 7.09. The van der Waals surface area contributed by atoms with Crippen molar-refractivity contribution in [2.24, 2.45) is 5.73 Å². The number of nitrogens with two attached hydrogens (primary N) is 1. The first kappa shape index (κ1) is 21.9. The Balaban J connectivity index is 0.00000156. The van der Waals surface area contributed by atoms with E-state index in [0.717, 1.165) is 44.2 Å². The molecule has 0 saturated carbocycles. The topological polar surface area (TPSA) is 62.5 Å². The van der Waals surface area contributed by atoms with Crippen LogP contribution >= 0.6 is 36.2 Å². The summed E-state index contributed by atoms with van der Waals surface area (Å²) in [7, 11) is 0. The average molecular weight is 403 g/mol. The van der Waals surface area contributed by atoms with E-state index in [1.165, 1.54) is 16.9 Å². The number of carbonyl (C=O) groups is 1. The van der Waals surface area contributed by atoms with Crippen molar-refractivity contribution in [1.82, 2.24) is 14.8 Å². The fourth-order valence-corrected chi connectivity index (χ4v) is 3.55. The molecule has 1 aromatic carbocycles. The third-order valence-corrected chi connectivity index (χ3v) is 4.95. The zero-order valence-electron chi connectivity index (χ0n) is 14.0. The number of halogens is 2. The molecule has 1 saturated heterocycles. The molecular weight excluding hydrogens is 379 g/mol. The number of rotatable bonds is 5. The van der Waals surface area contributed by atoms with Gasteiger partial charge in [-0.15, -0.1) is 36.2 Å². The molecule has 0 atom stereocenters. The maximum absolute atomic E-state index is 12.5. The molecule has 0 spiro atoms. The highest BCUT2D eigenvalue weighted by Crippen LogP contribution is 2.14. The first-order chi connectivity index (χ1) is 11.3. The number of thiazole rings is 1. The summed E-state index contributed by atoms with van der Waals surface area (Å²) in [5.41, 5.74) is 7.42. The largest absolute Gasteiger partial charge is 0.335 e. The predicted molar refractivity (Wildman–Crippen MR) is 107 cm³/mol. The molecule has 3 rings (SSSR count). The summed E-state index contributed by atoms with van der Waals surface area (Å²) in [4.78, 5) is 21.2. The average Bonchev–Trinajstić information content (AvgIpc) is 3.05. The van der Waals surface area contributed by atoms with Crippen LogP contribution in [0.15, 0.2) is 35.7 Å². The summed E-state index contributed by atoms with van der Waals surface area (Å²) < 4.78 is 0. The Morgan fingerprint density at radius 3 is 2.44 bits per heavy atom. The Morgan fingerprint density at radius 1 is 1.12 bits per heavy atom. The highest BCUT2D eigenvalue weighted by atomic mass is 35.5. The van der Waals surface area contributed by atoms with Crippen LogP contribution in [-0.2, 0) is 13.0 Å². The monoisotopic (exact) mass is 402 g/mol. The van der Waals surface area contributed by atoms with Crippen molar-refractivity contribution < 1.29 is 4.79 Å². The molecule has 0 unspecified atom stereocenters. The second-order valence-electron chi connectivity index (χ2n) is 5.72. The van der Waals surface area contributed by atoms with Crippen molar-refractivity contribution in [3.05, 3.63) is 52.0 Å². The van der Waals surface area contributed by atoms with Crippen molar-refractivity contribution in [1.29, 1.82) is 0 Å². The van der Waals surface area contributed by atoms with Crippen molar-refractivity contribution >= 4 is 42.1 Å². The van der Waals surface area contributed by atoms with Gasteiger partial charge in [0, 0.05) is 44.5 Å². The van der Waals surface area contributed by atoms with Gasteiger partial charge in [0.15, 0.2) is 0 Å². The molecule has 2 N–H and O–H groups in total. The van der Waals surface area contributed by atoms with E-state index in [1.807, 2.05) is 16.3 Å². The van der Waals surface area contributed by atoms with Gasteiger partial charge >= 0.3 is 0 Å². The minimum absolute atomic E-state index is 0. The summed E-state index contributed by atoms with van der Waals surface area (Å²) in [6.07, 6.45) is 0.739. The van der Waals surface area contributed by atoms with E-state index >= 15 is 0 Å². The van der Waals surface area contributed by atoms with E-state index in [2.05, 4.69) is 34.1 Å². The van der Waals surface area contributed by atoms with Crippen molar-refractivity contribution in [3.63, 3.8) is 0 Å². The Hall–Kier alpha value is -1.18. The molecule has 25 heavy (non-hydrogen) atoms. The maximum Gasteiger partial charge on any atom is 0.273 e. The lowest BCUT2D eigenvalue weighted by atomic mass is 10.2. The summed E-state index contributed by atoms with van der Waals surface area (Å²) in [6.45, 7) is 4.84. The van der Waals surface area contributed by atoms with Gasteiger partial charge in [-0.25, -0.2) is 4.98 Å². The zero-order valence-corrected chi connectivity index (χ0v) is 16.4. The number of piperazine rings is 1. The number of hydrogen-bond acceptors (Lipinski definition) is 5. The first-order valence-corrected chi connectivity index (χ1v) is 8.84. The number of nitrogens with zero attached hydrogens (tertiary/aromatic N) is 3. The van der Waals surface area contributed by atoms with Crippen molar-refractivity contribution in [2.75, 3.05) is 32.7 Å². The van der Waals surface area contributed by atoms with Crippen LogP contribution in [0.4, 0.5) is 0 Å². The third kappa shape index (κ3) is 5.94. The lowest BCUT2D eigenvalue weighted by Gasteiger charge is -2.34. The van der Waals surface area contributed by atoms with Crippen LogP contribution in [0.2, 0.25) is 0 Å². The SMILES string of the molecule is Cl.Cl.NCCc1nc(C(=O)N2CCN(Cc3ccccc3)CC2)cs1. The molecule has 1 aliphatic rings. The van der Waals surface area contributed by atoms with E-state index in [-0.39, 0.29) is 30.7 Å². The van der Waals surface area contributed by atoms with E-state index < -0.39 is 0 Å². The van der Waals surface area contributed by atoms with Gasteiger partial charge < -0.3 is 10.6 Å². The van der Waals surface area contributed by atoms with E-state index in [1.54, 1.807) is 0 Å². The van der Waals surface area contributed by atoms with E-state index in [4.69, 9.17) is 5.73 Å². The standard InChI is InChI=1S/C17H22N4OS.2ClH/c18-7-6-16-19-15(13-23-16)17(22)21-10-8-20(9-11-21)12-14-4-2-1-3-5-14;;/h1-5,13H,6-12,18H2;2*1H. The molecule has 138 valence electrons. The van der Waals surface area contributed by atoms with Gasteiger partial charge in [0.25, 0.3) is 5.91 Å². The van der Waals surface area contributed by atoms with Gasteiger partial charge in [-0.3, -0.25) is 9.69 Å². The second kappa shape index (κ2) is 10.7. The number of hydrogen-bond donors (Lipinski definition) is 1. The van der Waals surface area contributed by atoms with Gasteiger partial charge in [0.1, 0.15) is 5.69 Å². The summed E-state index contributed by atoms with van der Waals surface area (Å²) in [6, 6.07) is 10.5. The summed E-state index contributed by atoms with van der Waals surface area (Å²) in [5.74, 6) is 0.0453. The minimum Gasteiger partial charge on any atom is -0.335 e. The van der Waals surface area contributed by atoms with Crippen LogP contribution in [0, 0.1) is 0 Å². The Labute approximate surface area is 165 Å². The highest BCUT2D eigenvalue weighted by Gasteiger charge is 2.23. The number of benzene rings is 1. The second-order valence-corrected chi connectivity index (χ2v) is 6.66. The van der Waals surface area contributed by atoms with Crippen LogP contribution in [0.1, 0.15) is 21.1 Å². The molecule has 1 amide bonds. The molecule has 8 heteroatoms. The summed E-state index contributed by atoms with van der Waals surface area (Å²) >= 11 is 1.52. The third-order valence-electron chi connectivity index (χ3n) is 4.04. The lowest BCUT2D eigenvalue weighted by Crippen LogP contribution is -2.48. The van der Waals surface area contributed by atoms with Gasteiger partial charge in [-0.2, -0.15) is 0 Å². The number of amides is 1. The normalized spacial score (nSPS) is 14.5. The van der Waals surface area contributed by atoms with Crippen LogP contribution in [0.5, 0.6) is 0 Å². The molecule has 2 aromatic rings. The minimum atomic E-state index is 0. The molecule has 1 aromatic heterocycles. The van der Waals surface area contributed by atoms with Gasteiger partial charge in [-0.1, -0.05) is 30.3 Å². The fourth-order valence-electron chi connectivity index (χ4n) is 2.76. The Bertz CT molecular complexity index is 645. The van der Waals surface area contributed by atoms with Crippen molar-refractivity contribution in [2.45, 2.75) is 13.0 Å². The van der Waals surface area contributed by atoms with Crippen LogP contribution in [0.3, 0.4) is 0 Å². The first-order valence-electron chi connectivity index (χ1n) is 7.96. The van der Waals surface area contributed by atoms with E-state index in [0.29, 0.717) is 12.2 Å². The maximum atomic E-state index is 12.5. The Morgan fingerprint density at radius 2 is 1.80 bits per heavy atom. The van der Waals surface area contributed by atoms with Crippen LogP contribution in [-0.4, -0.2) is 53.4 Å². The number of carbonyl (C=O) groups excluding carboxylic acids is 1.